The molecule has 1 aliphatic rings. The highest BCUT2D eigenvalue weighted by molar-refractivity contribution is 5.77. The quantitative estimate of drug-likeness (QED) is 0.824. The van der Waals surface area contributed by atoms with Gasteiger partial charge in [-0.2, -0.15) is 0 Å². The first kappa shape index (κ1) is 13.9. The van der Waals surface area contributed by atoms with Crippen LogP contribution in [0.5, 0.6) is 5.75 Å². The number of nitrogens with one attached hydrogen (secondary N) is 1. The van der Waals surface area contributed by atoms with E-state index in [-0.39, 0.29) is 18.0 Å². The van der Waals surface area contributed by atoms with Gasteiger partial charge in [-0.1, -0.05) is 12.1 Å². The molecule has 0 bridgehead atoms. The van der Waals surface area contributed by atoms with Gasteiger partial charge in [0, 0.05) is 12.5 Å². The average molecular weight is 262 g/mol. The van der Waals surface area contributed by atoms with Crippen LogP contribution < -0.4 is 15.8 Å². The van der Waals surface area contributed by atoms with E-state index in [1.165, 1.54) is 12.8 Å². The van der Waals surface area contributed by atoms with Crippen molar-refractivity contribution in [3.8, 4) is 5.75 Å². The van der Waals surface area contributed by atoms with Crippen LogP contribution >= 0.6 is 0 Å². The standard InChI is InChI=1S/C15H22N2O2/c1-10(12-4-3-5-13(8-12)19-2)17-15(18)9-14(16)11-6-7-11/h3-5,8,10-11,14H,6-7,9,16H2,1-2H3,(H,17,18)/t10-,14?/m1/s1. The molecule has 1 fully saturated rings. The molecule has 1 aromatic rings. The van der Waals surface area contributed by atoms with Crippen LogP contribution in [0.25, 0.3) is 0 Å². The third-order valence-electron chi connectivity index (χ3n) is 3.62. The first-order valence-corrected chi connectivity index (χ1v) is 6.79. The Labute approximate surface area is 114 Å². The Kier molecular flexibility index (Phi) is 4.43. The van der Waals surface area contributed by atoms with Crippen LogP contribution in [0.15, 0.2) is 24.3 Å². The third-order valence-corrected chi connectivity index (χ3v) is 3.62. The molecule has 0 heterocycles. The van der Waals surface area contributed by atoms with E-state index in [0.29, 0.717) is 12.3 Å². The van der Waals surface area contributed by atoms with Gasteiger partial charge in [0.1, 0.15) is 5.75 Å². The van der Waals surface area contributed by atoms with Crippen LogP contribution in [0.4, 0.5) is 0 Å². The van der Waals surface area contributed by atoms with Crippen LogP contribution in [0.1, 0.15) is 37.8 Å². The van der Waals surface area contributed by atoms with E-state index in [1.807, 2.05) is 31.2 Å². The Morgan fingerprint density at radius 1 is 1.53 bits per heavy atom. The summed E-state index contributed by atoms with van der Waals surface area (Å²) in [6.45, 7) is 1.97. The number of ether oxygens (including phenoxy) is 1. The Bertz CT molecular complexity index is 444. The summed E-state index contributed by atoms with van der Waals surface area (Å²) in [6.07, 6.45) is 2.75. The highest BCUT2D eigenvalue weighted by Crippen LogP contribution is 2.32. The minimum absolute atomic E-state index is 0.0116. The summed E-state index contributed by atoms with van der Waals surface area (Å²) in [7, 11) is 1.64. The number of methoxy groups -OCH3 is 1. The largest absolute Gasteiger partial charge is 0.497 e. The van der Waals surface area contributed by atoms with Crippen molar-refractivity contribution in [2.75, 3.05) is 7.11 Å². The molecular formula is C15H22N2O2. The van der Waals surface area contributed by atoms with Crippen LogP contribution in [-0.4, -0.2) is 19.1 Å². The van der Waals surface area contributed by atoms with Gasteiger partial charge >= 0.3 is 0 Å². The van der Waals surface area contributed by atoms with Gasteiger partial charge in [-0.05, 0) is 43.4 Å². The SMILES string of the molecule is COc1cccc([C@@H](C)NC(=O)CC(N)C2CC2)c1. The molecular weight excluding hydrogens is 240 g/mol. The molecule has 3 N–H and O–H groups in total. The maximum atomic E-state index is 11.9. The minimum Gasteiger partial charge on any atom is -0.497 e. The second-order valence-electron chi connectivity index (χ2n) is 5.27. The second-order valence-corrected chi connectivity index (χ2v) is 5.27. The average Bonchev–Trinajstić information content (AvgIpc) is 3.22. The van der Waals surface area contributed by atoms with Crippen LogP contribution in [0.3, 0.4) is 0 Å². The Hall–Kier alpha value is -1.55. The van der Waals surface area contributed by atoms with Crippen molar-refractivity contribution in [3.05, 3.63) is 29.8 Å². The Morgan fingerprint density at radius 2 is 2.26 bits per heavy atom. The van der Waals surface area contributed by atoms with E-state index in [0.717, 1.165) is 11.3 Å². The van der Waals surface area contributed by atoms with E-state index < -0.39 is 0 Å². The molecule has 4 heteroatoms. The van der Waals surface area contributed by atoms with Crippen molar-refractivity contribution >= 4 is 5.91 Å². The molecule has 1 aliphatic carbocycles. The number of carbonyl (C=O) groups excluding carboxylic acids is 1. The smallest absolute Gasteiger partial charge is 0.222 e. The summed E-state index contributed by atoms with van der Waals surface area (Å²) >= 11 is 0. The number of hydrogen-bond donors (Lipinski definition) is 2. The molecule has 104 valence electrons. The highest BCUT2D eigenvalue weighted by atomic mass is 16.5. The van der Waals surface area contributed by atoms with Crippen molar-refractivity contribution in [2.45, 2.75) is 38.3 Å². The maximum Gasteiger partial charge on any atom is 0.222 e. The second kappa shape index (κ2) is 6.06. The molecule has 2 rings (SSSR count). The van der Waals surface area contributed by atoms with Gasteiger partial charge in [-0.15, -0.1) is 0 Å². The Balaban J connectivity index is 1.88. The molecule has 0 spiro atoms. The molecule has 1 unspecified atom stereocenters. The fourth-order valence-electron chi connectivity index (χ4n) is 2.20. The molecule has 0 radical (unpaired) electrons. The lowest BCUT2D eigenvalue weighted by molar-refractivity contribution is -0.122. The molecule has 0 aliphatic heterocycles. The zero-order chi connectivity index (χ0) is 13.8. The number of hydrogen-bond acceptors (Lipinski definition) is 3. The zero-order valence-corrected chi connectivity index (χ0v) is 11.6. The lowest BCUT2D eigenvalue weighted by Gasteiger charge is -2.17. The summed E-state index contributed by atoms with van der Waals surface area (Å²) in [5.74, 6) is 1.38. The minimum atomic E-state index is -0.0333. The number of rotatable bonds is 6. The highest BCUT2D eigenvalue weighted by Gasteiger charge is 2.30. The van der Waals surface area contributed by atoms with Crippen LogP contribution in [0, 0.1) is 5.92 Å². The van der Waals surface area contributed by atoms with Crippen molar-refractivity contribution in [2.24, 2.45) is 11.7 Å². The van der Waals surface area contributed by atoms with Gasteiger partial charge < -0.3 is 15.8 Å². The molecule has 1 aromatic carbocycles. The Morgan fingerprint density at radius 3 is 2.89 bits per heavy atom. The van der Waals surface area contributed by atoms with Crippen LogP contribution in [-0.2, 0) is 4.79 Å². The first-order valence-electron chi connectivity index (χ1n) is 6.79. The number of benzene rings is 1. The van der Waals surface area contributed by atoms with Crippen molar-refractivity contribution in [1.29, 1.82) is 0 Å². The fraction of sp³-hybridized carbons (Fsp3) is 0.533. The summed E-state index contributed by atoms with van der Waals surface area (Å²) in [4.78, 5) is 11.9. The summed E-state index contributed by atoms with van der Waals surface area (Å²) in [6, 6.07) is 7.71. The monoisotopic (exact) mass is 262 g/mol. The third kappa shape index (κ3) is 3.96. The normalized spacial score (nSPS) is 17.6. The predicted molar refractivity (Wildman–Crippen MR) is 74.9 cm³/mol. The maximum absolute atomic E-state index is 11.9. The molecule has 1 saturated carbocycles. The van der Waals surface area contributed by atoms with Crippen molar-refractivity contribution in [3.63, 3.8) is 0 Å². The van der Waals surface area contributed by atoms with E-state index in [4.69, 9.17) is 10.5 Å². The summed E-state index contributed by atoms with van der Waals surface area (Å²) < 4.78 is 5.18. The zero-order valence-electron chi connectivity index (χ0n) is 11.6. The van der Waals surface area contributed by atoms with Gasteiger partial charge in [0.25, 0.3) is 0 Å². The molecule has 0 saturated heterocycles. The van der Waals surface area contributed by atoms with E-state index in [2.05, 4.69) is 5.32 Å². The first-order chi connectivity index (χ1) is 9.10. The molecule has 2 atom stereocenters. The lowest BCUT2D eigenvalue weighted by Crippen LogP contribution is -2.34. The fourth-order valence-corrected chi connectivity index (χ4v) is 2.20. The molecule has 4 nitrogen and oxygen atoms in total. The lowest BCUT2D eigenvalue weighted by atomic mass is 10.1. The van der Waals surface area contributed by atoms with Crippen molar-refractivity contribution in [1.82, 2.24) is 5.32 Å². The predicted octanol–water partition coefficient (Wildman–Crippen LogP) is 2.00. The van der Waals surface area contributed by atoms with E-state index in [9.17, 15) is 4.79 Å². The van der Waals surface area contributed by atoms with Crippen molar-refractivity contribution < 1.29 is 9.53 Å². The summed E-state index contributed by atoms with van der Waals surface area (Å²) in [5, 5.41) is 2.99. The van der Waals surface area contributed by atoms with E-state index >= 15 is 0 Å². The summed E-state index contributed by atoms with van der Waals surface area (Å²) in [5.41, 5.74) is 6.99. The van der Waals surface area contributed by atoms with Gasteiger partial charge in [-0.3, -0.25) is 4.79 Å². The van der Waals surface area contributed by atoms with Gasteiger partial charge in [0.15, 0.2) is 0 Å². The number of amides is 1. The molecule has 19 heavy (non-hydrogen) atoms. The van der Waals surface area contributed by atoms with Crippen LogP contribution in [0.2, 0.25) is 0 Å². The molecule has 1 amide bonds. The molecule has 0 aromatic heterocycles. The number of carbonyl (C=O) groups is 1. The number of nitrogens with two attached hydrogens (primary N) is 1. The van der Waals surface area contributed by atoms with Gasteiger partial charge in [0.05, 0.1) is 13.2 Å². The topological polar surface area (TPSA) is 64.3 Å². The van der Waals surface area contributed by atoms with E-state index in [1.54, 1.807) is 7.11 Å². The van der Waals surface area contributed by atoms with Gasteiger partial charge in [-0.25, -0.2) is 0 Å². The van der Waals surface area contributed by atoms with Gasteiger partial charge in [0.2, 0.25) is 5.91 Å².